The number of allylic oxidation sites excluding steroid dienone is 2. The number of nitrogens with zero attached hydrogens (tertiary/aromatic N) is 3. The molecule has 208 valence electrons. The van der Waals surface area contributed by atoms with Gasteiger partial charge in [-0.25, -0.2) is 9.97 Å². The standard InChI is InChI=1S/C30H38N4O5/c1-4-25(36)19-30(14-10-24(11-15-30)23-8-6-5-7-9-23)34-16-12-22(13-17-34)18-26-31-20(2)28(37)27(32-26)29(38)33-39-21(3)35/h5-11,14,22,25,36-37H,4,12-13,15-19H2,1-3H3,(H,33,38). The Kier molecular flexibility index (Phi) is 9.14. The van der Waals surface area contributed by atoms with Crippen LogP contribution in [0.15, 0.2) is 48.6 Å². The molecule has 1 aromatic carbocycles. The largest absolute Gasteiger partial charge is 0.504 e. The van der Waals surface area contributed by atoms with Crippen molar-refractivity contribution in [3.05, 3.63) is 71.3 Å². The lowest BCUT2D eigenvalue weighted by Gasteiger charge is -2.47. The number of aryl methyl sites for hydroxylation is 1. The molecule has 39 heavy (non-hydrogen) atoms. The van der Waals surface area contributed by atoms with E-state index in [0.717, 1.165) is 39.3 Å². The second kappa shape index (κ2) is 12.5. The van der Waals surface area contributed by atoms with Crippen LogP contribution in [0.25, 0.3) is 5.57 Å². The minimum Gasteiger partial charge on any atom is -0.504 e. The molecule has 9 heteroatoms. The number of aromatic nitrogens is 2. The van der Waals surface area contributed by atoms with Crippen molar-refractivity contribution in [2.75, 3.05) is 13.1 Å². The zero-order valence-corrected chi connectivity index (χ0v) is 22.9. The highest BCUT2D eigenvalue weighted by Crippen LogP contribution is 2.38. The summed E-state index contributed by atoms with van der Waals surface area (Å²) in [5.74, 6) is -1.02. The monoisotopic (exact) mass is 534 g/mol. The van der Waals surface area contributed by atoms with Crippen molar-refractivity contribution >= 4 is 17.4 Å². The van der Waals surface area contributed by atoms with Crippen LogP contribution in [0, 0.1) is 12.8 Å². The van der Waals surface area contributed by atoms with Gasteiger partial charge < -0.3 is 15.1 Å². The van der Waals surface area contributed by atoms with Gasteiger partial charge in [-0.3, -0.25) is 14.5 Å². The number of nitrogens with one attached hydrogen (secondary N) is 1. The maximum absolute atomic E-state index is 12.4. The maximum Gasteiger partial charge on any atom is 0.329 e. The van der Waals surface area contributed by atoms with E-state index in [-0.39, 0.29) is 23.1 Å². The van der Waals surface area contributed by atoms with E-state index in [4.69, 9.17) is 0 Å². The summed E-state index contributed by atoms with van der Waals surface area (Å²) in [5, 5.41) is 20.9. The van der Waals surface area contributed by atoms with Crippen molar-refractivity contribution in [2.45, 2.75) is 70.9 Å². The van der Waals surface area contributed by atoms with E-state index in [9.17, 15) is 19.8 Å². The summed E-state index contributed by atoms with van der Waals surface area (Å²) in [6, 6.07) is 10.4. The molecule has 2 unspecified atom stereocenters. The number of carbonyl (C=O) groups excluding carboxylic acids is 2. The van der Waals surface area contributed by atoms with Gasteiger partial charge in [0.1, 0.15) is 5.82 Å². The number of aliphatic hydroxyl groups is 1. The third kappa shape index (κ3) is 6.91. The van der Waals surface area contributed by atoms with Crippen LogP contribution in [0.4, 0.5) is 0 Å². The molecule has 2 atom stereocenters. The molecule has 9 nitrogen and oxygen atoms in total. The van der Waals surface area contributed by atoms with Gasteiger partial charge in [0.15, 0.2) is 11.4 Å². The van der Waals surface area contributed by atoms with Crippen LogP contribution < -0.4 is 5.48 Å². The lowest BCUT2D eigenvalue weighted by molar-refractivity contribution is -0.146. The average Bonchev–Trinajstić information content (AvgIpc) is 2.94. The lowest BCUT2D eigenvalue weighted by Crippen LogP contribution is -2.53. The number of aromatic hydroxyl groups is 1. The van der Waals surface area contributed by atoms with E-state index in [1.807, 2.05) is 30.6 Å². The highest BCUT2D eigenvalue weighted by Gasteiger charge is 2.38. The minimum absolute atomic E-state index is 0.211. The van der Waals surface area contributed by atoms with Crippen molar-refractivity contribution < 1.29 is 24.6 Å². The molecule has 0 spiro atoms. The maximum atomic E-state index is 12.4. The van der Waals surface area contributed by atoms with Crippen molar-refractivity contribution in [1.82, 2.24) is 20.3 Å². The SMILES string of the molecule is CCC(O)CC1(N2CCC(Cc3nc(C)c(O)c(C(=O)NOC(C)=O)n3)CC2)C=CC(c2ccccc2)=CC1. The van der Waals surface area contributed by atoms with Crippen LogP contribution >= 0.6 is 0 Å². The van der Waals surface area contributed by atoms with Crippen LogP contribution in [0.1, 0.15) is 73.5 Å². The zero-order valence-electron chi connectivity index (χ0n) is 22.9. The van der Waals surface area contributed by atoms with E-state index in [1.165, 1.54) is 11.1 Å². The molecule has 1 fully saturated rings. The number of aliphatic hydroxyl groups excluding tert-OH is 1. The second-order valence-electron chi connectivity index (χ2n) is 10.5. The molecule has 1 aromatic heterocycles. The summed E-state index contributed by atoms with van der Waals surface area (Å²) >= 11 is 0. The Morgan fingerprint density at radius 3 is 2.54 bits per heavy atom. The molecular formula is C30H38N4O5. The minimum atomic E-state index is -0.798. The number of benzene rings is 1. The van der Waals surface area contributed by atoms with Gasteiger partial charge in [0.2, 0.25) is 0 Å². The van der Waals surface area contributed by atoms with E-state index < -0.39 is 11.9 Å². The van der Waals surface area contributed by atoms with Crippen LogP contribution in [0.2, 0.25) is 0 Å². The number of piperidine rings is 1. The number of hydroxylamine groups is 1. The Bertz CT molecular complexity index is 1240. The van der Waals surface area contributed by atoms with Crippen molar-refractivity contribution in [1.29, 1.82) is 0 Å². The molecule has 4 rings (SSSR count). The summed E-state index contributed by atoms with van der Waals surface area (Å²) in [6.07, 6.45) is 11.1. The highest BCUT2D eigenvalue weighted by atomic mass is 16.7. The molecule has 1 saturated heterocycles. The first-order valence-corrected chi connectivity index (χ1v) is 13.6. The van der Waals surface area contributed by atoms with E-state index in [1.54, 1.807) is 6.92 Å². The molecule has 2 heterocycles. The second-order valence-corrected chi connectivity index (χ2v) is 10.5. The number of amides is 1. The summed E-state index contributed by atoms with van der Waals surface area (Å²) in [4.78, 5) is 39.1. The van der Waals surface area contributed by atoms with Crippen LogP contribution in [0.5, 0.6) is 5.75 Å². The molecule has 0 radical (unpaired) electrons. The van der Waals surface area contributed by atoms with Crippen LogP contribution in [-0.4, -0.2) is 61.7 Å². The van der Waals surface area contributed by atoms with Gasteiger partial charge in [0.25, 0.3) is 0 Å². The van der Waals surface area contributed by atoms with Gasteiger partial charge in [-0.15, -0.1) is 0 Å². The van der Waals surface area contributed by atoms with Crippen molar-refractivity contribution in [2.24, 2.45) is 5.92 Å². The van der Waals surface area contributed by atoms with Gasteiger partial charge in [-0.2, -0.15) is 5.48 Å². The van der Waals surface area contributed by atoms with E-state index in [2.05, 4.69) is 50.1 Å². The predicted octanol–water partition coefficient (Wildman–Crippen LogP) is 3.90. The number of hydrogen-bond acceptors (Lipinski definition) is 8. The molecule has 2 aliphatic rings. The van der Waals surface area contributed by atoms with Crippen molar-refractivity contribution in [3.63, 3.8) is 0 Å². The third-order valence-electron chi connectivity index (χ3n) is 7.74. The summed E-state index contributed by atoms with van der Waals surface area (Å²) in [5.41, 5.74) is 4.26. The van der Waals surface area contributed by atoms with Gasteiger partial charge >= 0.3 is 11.9 Å². The fraction of sp³-hybridized carbons (Fsp3) is 0.467. The Labute approximate surface area is 229 Å². The first-order valence-electron chi connectivity index (χ1n) is 13.6. The molecule has 2 aromatic rings. The number of rotatable bonds is 8. The van der Waals surface area contributed by atoms with Gasteiger partial charge in [0, 0.05) is 18.9 Å². The molecule has 1 aliphatic heterocycles. The molecule has 1 amide bonds. The molecule has 0 saturated carbocycles. The fourth-order valence-electron chi connectivity index (χ4n) is 5.46. The third-order valence-corrected chi connectivity index (χ3v) is 7.74. The lowest BCUT2D eigenvalue weighted by atomic mass is 9.78. The number of hydrogen-bond donors (Lipinski definition) is 3. The van der Waals surface area contributed by atoms with Gasteiger partial charge in [0.05, 0.1) is 11.8 Å². The van der Waals surface area contributed by atoms with Gasteiger partial charge in [-0.1, -0.05) is 55.5 Å². The van der Waals surface area contributed by atoms with Crippen LogP contribution in [0.3, 0.4) is 0 Å². The Morgan fingerprint density at radius 1 is 1.21 bits per heavy atom. The zero-order chi connectivity index (χ0) is 28.0. The van der Waals surface area contributed by atoms with E-state index >= 15 is 0 Å². The summed E-state index contributed by atoms with van der Waals surface area (Å²) < 4.78 is 0. The molecule has 1 aliphatic carbocycles. The Hall–Kier alpha value is -3.56. The Balaban J connectivity index is 1.43. The highest BCUT2D eigenvalue weighted by molar-refractivity contribution is 5.95. The molecular weight excluding hydrogens is 496 g/mol. The van der Waals surface area contributed by atoms with Gasteiger partial charge in [-0.05, 0) is 69.2 Å². The average molecular weight is 535 g/mol. The smallest absolute Gasteiger partial charge is 0.329 e. The normalized spacial score (nSPS) is 20.8. The number of likely N-dealkylation sites (tertiary alicyclic amines) is 1. The molecule has 0 bridgehead atoms. The summed E-state index contributed by atoms with van der Waals surface area (Å²) in [6.45, 7) is 6.54. The fourth-order valence-corrected chi connectivity index (χ4v) is 5.46. The molecule has 3 N–H and O–H groups in total. The number of carbonyl (C=O) groups is 2. The summed E-state index contributed by atoms with van der Waals surface area (Å²) in [7, 11) is 0. The topological polar surface area (TPSA) is 125 Å². The Morgan fingerprint density at radius 2 is 1.92 bits per heavy atom. The first kappa shape index (κ1) is 28.4. The quantitative estimate of drug-likeness (QED) is 0.436. The first-order chi connectivity index (χ1) is 18.7. The van der Waals surface area contributed by atoms with Crippen molar-refractivity contribution in [3.8, 4) is 5.75 Å². The van der Waals surface area contributed by atoms with E-state index in [0.29, 0.717) is 36.7 Å². The van der Waals surface area contributed by atoms with Crippen LogP contribution in [-0.2, 0) is 16.1 Å². The predicted molar refractivity (Wildman–Crippen MR) is 147 cm³/mol.